The molecular formula is C22H22B3N7O5. The zero-order valence-electron chi connectivity index (χ0n) is 20.4. The van der Waals surface area contributed by atoms with Gasteiger partial charge in [0.15, 0.2) is 17.3 Å². The molecule has 0 bridgehead atoms. The van der Waals surface area contributed by atoms with Crippen molar-refractivity contribution in [1.82, 2.24) is 25.7 Å². The zero-order valence-corrected chi connectivity index (χ0v) is 20.4. The van der Waals surface area contributed by atoms with Crippen molar-refractivity contribution in [1.29, 1.82) is 0 Å². The number of para-hydroxylation sites is 1. The summed E-state index contributed by atoms with van der Waals surface area (Å²) >= 11 is 0. The molecule has 4 N–H and O–H groups in total. The smallest absolute Gasteiger partial charge is 0.272 e. The minimum Gasteiger partial charge on any atom is -0.494 e. The van der Waals surface area contributed by atoms with Crippen LogP contribution in [-0.2, 0) is 10.4 Å². The van der Waals surface area contributed by atoms with Crippen LogP contribution in [0.4, 0.5) is 17.2 Å². The molecule has 2 aromatic heterocycles. The first-order valence-corrected chi connectivity index (χ1v) is 11.2. The Balaban J connectivity index is 1.72. The van der Waals surface area contributed by atoms with Crippen molar-refractivity contribution in [2.45, 2.75) is 37.5 Å². The lowest BCUT2D eigenvalue weighted by molar-refractivity contribution is -0.117. The number of nitrogens with one attached hydrogen (secondary N) is 3. The van der Waals surface area contributed by atoms with Crippen LogP contribution < -0.4 is 20.7 Å². The Bertz CT molecular complexity index is 1330. The predicted octanol–water partition coefficient (Wildman–Crippen LogP) is 0.701. The van der Waals surface area contributed by atoms with E-state index < -0.39 is 16.7 Å². The second kappa shape index (κ2) is 9.89. The fourth-order valence-electron chi connectivity index (χ4n) is 3.30. The lowest BCUT2D eigenvalue weighted by Gasteiger charge is -2.23. The standard InChI is InChI=1S/C22H22B3N7O5/c1-21(2,35)20-28-19(37-32-20)11-5-4-6-12(16(11)36-3)26-13-9-14(27-17(33)10-7-8-10)30-31-15(13)18(34)29-22(23,24)25/h4-6,9-10,35H,7-8H2,1-3H3,(H,29,34)(H2,26,27,30,33). The van der Waals surface area contributed by atoms with E-state index in [0.717, 1.165) is 12.8 Å². The monoisotopic (exact) mass is 497 g/mol. The third kappa shape index (κ3) is 6.29. The molecule has 0 unspecified atom stereocenters. The topological polar surface area (TPSA) is 164 Å². The first-order valence-electron chi connectivity index (χ1n) is 11.2. The van der Waals surface area contributed by atoms with Crippen molar-refractivity contribution in [2.24, 2.45) is 5.92 Å². The van der Waals surface area contributed by atoms with Gasteiger partial charge in [0.25, 0.3) is 11.8 Å². The molecule has 15 heteroatoms. The summed E-state index contributed by atoms with van der Waals surface area (Å²) in [7, 11) is 18.0. The number of aliphatic hydroxyl groups is 1. The maximum Gasteiger partial charge on any atom is 0.272 e. The van der Waals surface area contributed by atoms with E-state index in [4.69, 9.17) is 32.8 Å². The molecule has 12 nitrogen and oxygen atoms in total. The molecule has 1 aliphatic carbocycles. The Hall–Kier alpha value is -3.87. The van der Waals surface area contributed by atoms with Crippen LogP contribution >= 0.6 is 0 Å². The van der Waals surface area contributed by atoms with Crippen LogP contribution in [0.25, 0.3) is 11.5 Å². The molecule has 6 radical (unpaired) electrons. The van der Waals surface area contributed by atoms with Gasteiger partial charge in [0.1, 0.15) is 5.60 Å². The molecule has 0 atom stereocenters. The third-order valence-corrected chi connectivity index (χ3v) is 5.23. The summed E-state index contributed by atoms with van der Waals surface area (Å²) in [6, 6.07) is 6.46. The molecule has 0 spiro atoms. The number of carbonyl (C=O) groups is 2. The number of hydrogen-bond acceptors (Lipinski definition) is 10. The van der Waals surface area contributed by atoms with Crippen LogP contribution in [0.1, 0.15) is 43.0 Å². The van der Waals surface area contributed by atoms with Crippen molar-refractivity contribution in [2.75, 3.05) is 17.7 Å². The highest BCUT2D eigenvalue weighted by atomic mass is 16.5. The Kier molecular flexibility index (Phi) is 7.00. The first kappa shape index (κ1) is 26.2. The van der Waals surface area contributed by atoms with Crippen LogP contribution in [-0.4, -0.2) is 73.1 Å². The fraction of sp³-hybridized carbons (Fsp3) is 0.364. The molecule has 3 aromatic rings. The molecular weight excluding hydrogens is 475 g/mol. The molecule has 37 heavy (non-hydrogen) atoms. The minimum atomic E-state index is -2.01. The number of amides is 2. The number of hydrogen-bond donors (Lipinski definition) is 4. The molecule has 2 amide bonds. The summed E-state index contributed by atoms with van der Waals surface area (Å²) < 4.78 is 10.9. The average molecular weight is 497 g/mol. The highest BCUT2D eigenvalue weighted by Gasteiger charge is 2.30. The average Bonchev–Trinajstić information content (AvgIpc) is 3.53. The normalized spacial score (nSPS) is 13.6. The Labute approximate surface area is 216 Å². The SMILES string of the molecule is [B]C([B])([B])NC(=O)c1nnc(NC(=O)C2CC2)cc1Nc1cccc(-c2nc(C(C)(C)O)no2)c1OC. The predicted molar refractivity (Wildman–Crippen MR) is 136 cm³/mol. The Morgan fingerprint density at radius 3 is 2.49 bits per heavy atom. The quantitative estimate of drug-likeness (QED) is 0.310. The van der Waals surface area contributed by atoms with Gasteiger partial charge in [-0.15, -0.1) is 10.2 Å². The number of anilines is 3. The van der Waals surface area contributed by atoms with Crippen molar-refractivity contribution < 1.29 is 24.0 Å². The number of nitrogens with zero attached hydrogens (tertiary/aromatic N) is 4. The van der Waals surface area contributed by atoms with E-state index in [1.54, 1.807) is 18.2 Å². The van der Waals surface area contributed by atoms with Crippen molar-refractivity contribution >= 4 is 52.5 Å². The summed E-state index contributed by atoms with van der Waals surface area (Å²) in [4.78, 5) is 29.3. The molecule has 1 fully saturated rings. The lowest BCUT2D eigenvalue weighted by atomic mass is 9.49. The fourth-order valence-corrected chi connectivity index (χ4v) is 3.30. The summed E-state index contributed by atoms with van der Waals surface area (Å²) in [5, 5.41) is 27.8. The molecule has 1 aromatic carbocycles. The van der Waals surface area contributed by atoms with Gasteiger partial charge in [-0.05, 0) is 38.8 Å². The minimum absolute atomic E-state index is 0.0755. The largest absolute Gasteiger partial charge is 0.494 e. The number of rotatable bonds is 9. The van der Waals surface area contributed by atoms with Crippen LogP contribution in [0.3, 0.4) is 0 Å². The third-order valence-electron chi connectivity index (χ3n) is 5.23. The number of carbonyl (C=O) groups excluding carboxylic acids is 2. The maximum atomic E-state index is 12.8. The number of ether oxygens (including phenoxy) is 1. The molecule has 184 valence electrons. The van der Waals surface area contributed by atoms with Gasteiger partial charge in [0.05, 0.1) is 47.6 Å². The van der Waals surface area contributed by atoms with E-state index in [0.29, 0.717) is 11.3 Å². The van der Waals surface area contributed by atoms with Crippen molar-refractivity contribution in [3.05, 3.63) is 35.8 Å². The van der Waals surface area contributed by atoms with Gasteiger partial charge in [-0.2, -0.15) is 4.98 Å². The van der Waals surface area contributed by atoms with Crippen LogP contribution in [0.15, 0.2) is 28.8 Å². The van der Waals surface area contributed by atoms with Gasteiger partial charge in [-0.25, -0.2) is 0 Å². The van der Waals surface area contributed by atoms with Gasteiger partial charge in [-0.3, -0.25) is 9.59 Å². The van der Waals surface area contributed by atoms with E-state index in [2.05, 4.69) is 36.3 Å². The van der Waals surface area contributed by atoms with Gasteiger partial charge >= 0.3 is 0 Å². The van der Waals surface area contributed by atoms with E-state index >= 15 is 0 Å². The van der Waals surface area contributed by atoms with E-state index in [1.165, 1.54) is 27.0 Å². The van der Waals surface area contributed by atoms with Gasteiger partial charge in [-0.1, -0.05) is 16.5 Å². The molecule has 0 saturated heterocycles. The summed E-state index contributed by atoms with van der Waals surface area (Å²) in [6.07, 6.45) is 1.59. The van der Waals surface area contributed by atoms with Crippen LogP contribution in [0, 0.1) is 5.92 Å². The molecule has 0 aliphatic heterocycles. The number of methoxy groups -OCH3 is 1. The second-order valence-corrected chi connectivity index (χ2v) is 9.14. The number of aromatic nitrogens is 4. The van der Waals surface area contributed by atoms with Crippen LogP contribution in [0.5, 0.6) is 5.75 Å². The van der Waals surface area contributed by atoms with Gasteiger partial charge in [0, 0.05) is 12.0 Å². The van der Waals surface area contributed by atoms with E-state index in [1.807, 2.05) is 0 Å². The second-order valence-electron chi connectivity index (χ2n) is 9.14. The van der Waals surface area contributed by atoms with Gasteiger partial charge in [0.2, 0.25) is 11.7 Å². The highest BCUT2D eigenvalue weighted by molar-refractivity contribution is 6.60. The number of benzene rings is 1. The zero-order chi connectivity index (χ0) is 27.0. The summed E-state index contributed by atoms with van der Waals surface area (Å²) in [6.45, 7) is 3.05. The molecule has 4 rings (SSSR count). The van der Waals surface area contributed by atoms with E-state index in [9.17, 15) is 14.7 Å². The lowest BCUT2D eigenvalue weighted by Crippen LogP contribution is -2.50. The molecule has 1 saturated carbocycles. The van der Waals surface area contributed by atoms with Gasteiger partial charge < -0.3 is 30.3 Å². The van der Waals surface area contributed by atoms with Crippen LogP contribution in [0.2, 0.25) is 0 Å². The maximum absolute atomic E-state index is 12.8. The molecule has 1 aliphatic rings. The van der Waals surface area contributed by atoms with Crippen molar-refractivity contribution in [3.63, 3.8) is 0 Å². The molecule has 2 heterocycles. The summed E-state index contributed by atoms with van der Waals surface area (Å²) in [5.41, 5.74) is -0.591. The van der Waals surface area contributed by atoms with E-state index in [-0.39, 0.29) is 46.5 Å². The first-order chi connectivity index (χ1) is 17.4. The Morgan fingerprint density at radius 2 is 1.89 bits per heavy atom. The summed E-state index contributed by atoms with van der Waals surface area (Å²) in [5.74, 6) is -0.493. The van der Waals surface area contributed by atoms with Crippen molar-refractivity contribution in [3.8, 4) is 17.2 Å². The highest BCUT2D eigenvalue weighted by Crippen LogP contribution is 2.38. The Morgan fingerprint density at radius 1 is 1.16 bits per heavy atom.